The quantitative estimate of drug-likeness (QED) is 0.712. The van der Waals surface area contributed by atoms with E-state index in [1.165, 1.54) is 6.20 Å². The summed E-state index contributed by atoms with van der Waals surface area (Å²) < 4.78 is 6.92. The van der Waals surface area contributed by atoms with Crippen molar-refractivity contribution in [2.24, 2.45) is 0 Å². The summed E-state index contributed by atoms with van der Waals surface area (Å²) in [6, 6.07) is 13.9. The van der Waals surface area contributed by atoms with E-state index < -0.39 is 18.5 Å². The van der Waals surface area contributed by atoms with Crippen LogP contribution in [0.5, 0.6) is 0 Å². The molecule has 3 rings (SSSR count). The van der Waals surface area contributed by atoms with Crippen LogP contribution in [0.4, 0.5) is 5.82 Å². The summed E-state index contributed by atoms with van der Waals surface area (Å²) in [5.74, 6) is -0.716. The minimum atomic E-state index is -0.571. The predicted molar refractivity (Wildman–Crippen MR) is 93.9 cm³/mol. The smallest absolute Gasteiger partial charge is 0.338 e. The van der Waals surface area contributed by atoms with Crippen LogP contribution in [0.25, 0.3) is 5.69 Å². The summed E-state index contributed by atoms with van der Waals surface area (Å²) in [5.41, 5.74) is 1.29. The van der Waals surface area contributed by atoms with E-state index in [2.05, 4.69) is 10.3 Å². The molecule has 0 bridgehead atoms. The van der Waals surface area contributed by atoms with Gasteiger partial charge in [0.15, 0.2) is 6.61 Å². The van der Waals surface area contributed by atoms with Crippen molar-refractivity contribution in [3.63, 3.8) is 0 Å². The highest BCUT2D eigenvalue weighted by atomic mass is 35.5. The molecule has 2 heterocycles. The normalized spacial score (nSPS) is 10.3. The summed E-state index contributed by atoms with van der Waals surface area (Å²) in [6.07, 6.45) is 5.22. The van der Waals surface area contributed by atoms with Crippen molar-refractivity contribution in [1.82, 2.24) is 9.55 Å². The molecule has 1 aromatic carbocycles. The maximum atomic E-state index is 12.0. The number of amides is 1. The summed E-state index contributed by atoms with van der Waals surface area (Å²) in [7, 11) is 0. The number of benzene rings is 1. The molecule has 0 aliphatic carbocycles. The Bertz CT molecular complexity index is 860. The molecule has 0 saturated carbocycles. The molecule has 6 nitrogen and oxygen atoms in total. The maximum Gasteiger partial charge on any atom is 0.338 e. The largest absolute Gasteiger partial charge is 0.452 e. The van der Waals surface area contributed by atoms with Crippen LogP contribution in [-0.2, 0) is 9.53 Å². The molecule has 0 aliphatic rings. The first-order valence-corrected chi connectivity index (χ1v) is 7.81. The zero-order valence-electron chi connectivity index (χ0n) is 13.1. The van der Waals surface area contributed by atoms with E-state index >= 15 is 0 Å². The average molecular weight is 356 g/mol. The van der Waals surface area contributed by atoms with E-state index in [0.29, 0.717) is 16.4 Å². The maximum absolute atomic E-state index is 12.0. The number of rotatable bonds is 5. The number of esters is 1. The molecular formula is C18H14ClN3O3. The molecule has 0 saturated heterocycles. The minimum Gasteiger partial charge on any atom is -0.452 e. The SMILES string of the molecule is O=C(COC(=O)c1ccc(-n2cccc2)cc1)Nc1ccc(Cl)cn1. The van der Waals surface area contributed by atoms with Crippen LogP contribution < -0.4 is 5.32 Å². The molecule has 1 amide bonds. The van der Waals surface area contributed by atoms with Crippen molar-refractivity contribution < 1.29 is 14.3 Å². The fourth-order valence-electron chi connectivity index (χ4n) is 2.12. The molecule has 0 unspecified atom stereocenters. The van der Waals surface area contributed by atoms with Crippen molar-refractivity contribution in [3.8, 4) is 5.69 Å². The Morgan fingerprint density at radius 1 is 1.08 bits per heavy atom. The fraction of sp³-hybridized carbons (Fsp3) is 0.0556. The van der Waals surface area contributed by atoms with Crippen molar-refractivity contribution in [2.45, 2.75) is 0 Å². The standard InChI is InChI=1S/C18H14ClN3O3/c19-14-5-8-16(20-11-14)21-17(23)12-25-18(24)13-3-6-15(7-4-13)22-9-1-2-10-22/h1-11H,12H2,(H,20,21,23). The van der Waals surface area contributed by atoms with E-state index in [1.54, 1.807) is 36.4 Å². The van der Waals surface area contributed by atoms with Crippen molar-refractivity contribution in [3.05, 3.63) is 77.7 Å². The highest BCUT2D eigenvalue weighted by Gasteiger charge is 2.11. The number of aromatic nitrogens is 2. The molecular weight excluding hydrogens is 342 g/mol. The third-order valence-electron chi connectivity index (χ3n) is 3.33. The van der Waals surface area contributed by atoms with Crippen LogP contribution in [0.3, 0.4) is 0 Å². The van der Waals surface area contributed by atoms with Gasteiger partial charge in [0.1, 0.15) is 5.82 Å². The Labute approximate surface area is 149 Å². The number of nitrogens with zero attached hydrogens (tertiary/aromatic N) is 2. The Balaban J connectivity index is 1.53. The Morgan fingerprint density at radius 2 is 1.80 bits per heavy atom. The van der Waals surface area contributed by atoms with Gasteiger partial charge >= 0.3 is 5.97 Å². The molecule has 126 valence electrons. The average Bonchev–Trinajstić information content (AvgIpc) is 3.16. The van der Waals surface area contributed by atoms with Gasteiger partial charge in [-0.2, -0.15) is 0 Å². The molecule has 0 atom stereocenters. The molecule has 2 aromatic heterocycles. The number of hydrogen-bond acceptors (Lipinski definition) is 4. The second kappa shape index (κ2) is 7.63. The molecule has 25 heavy (non-hydrogen) atoms. The van der Waals surface area contributed by atoms with Gasteiger partial charge in [-0.15, -0.1) is 0 Å². The number of anilines is 1. The second-order valence-electron chi connectivity index (χ2n) is 5.12. The molecule has 3 aromatic rings. The van der Waals surface area contributed by atoms with Crippen LogP contribution in [0, 0.1) is 0 Å². The fourth-order valence-corrected chi connectivity index (χ4v) is 2.23. The summed E-state index contributed by atoms with van der Waals surface area (Å²) in [6.45, 7) is -0.400. The topological polar surface area (TPSA) is 73.2 Å². The zero-order chi connectivity index (χ0) is 17.6. The lowest BCUT2D eigenvalue weighted by molar-refractivity contribution is -0.119. The van der Waals surface area contributed by atoms with E-state index in [0.717, 1.165) is 5.69 Å². The van der Waals surface area contributed by atoms with Crippen LogP contribution in [0.1, 0.15) is 10.4 Å². The van der Waals surface area contributed by atoms with Gasteiger partial charge in [-0.3, -0.25) is 4.79 Å². The minimum absolute atomic E-state index is 0.335. The first kappa shape index (κ1) is 16.7. The summed E-state index contributed by atoms with van der Waals surface area (Å²) in [4.78, 5) is 27.7. The lowest BCUT2D eigenvalue weighted by atomic mass is 10.2. The predicted octanol–water partition coefficient (Wildman–Crippen LogP) is 3.32. The first-order valence-electron chi connectivity index (χ1n) is 7.44. The third kappa shape index (κ3) is 4.45. The van der Waals surface area contributed by atoms with Crippen molar-refractivity contribution >= 4 is 29.3 Å². The van der Waals surface area contributed by atoms with Gasteiger partial charge in [0.05, 0.1) is 10.6 Å². The van der Waals surface area contributed by atoms with Crippen LogP contribution >= 0.6 is 11.6 Å². The lowest BCUT2D eigenvalue weighted by Crippen LogP contribution is -2.21. The van der Waals surface area contributed by atoms with Gasteiger partial charge in [0.25, 0.3) is 5.91 Å². The number of carbonyl (C=O) groups is 2. The highest BCUT2D eigenvalue weighted by Crippen LogP contribution is 2.12. The van der Waals surface area contributed by atoms with E-state index in [-0.39, 0.29) is 0 Å². The van der Waals surface area contributed by atoms with Crippen LogP contribution in [0.15, 0.2) is 67.1 Å². The van der Waals surface area contributed by atoms with Gasteiger partial charge in [-0.1, -0.05) is 11.6 Å². The monoisotopic (exact) mass is 355 g/mol. The highest BCUT2D eigenvalue weighted by molar-refractivity contribution is 6.30. The number of halogens is 1. The van der Waals surface area contributed by atoms with E-state index in [1.807, 2.05) is 29.1 Å². The van der Waals surface area contributed by atoms with E-state index in [4.69, 9.17) is 16.3 Å². The number of hydrogen-bond donors (Lipinski definition) is 1. The zero-order valence-corrected chi connectivity index (χ0v) is 13.8. The van der Waals surface area contributed by atoms with Gasteiger partial charge in [-0.25, -0.2) is 9.78 Å². The molecule has 0 radical (unpaired) electrons. The Kier molecular flexibility index (Phi) is 5.11. The number of ether oxygens (including phenoxy) is 1. The molecule has 0 spiro atoms. The lowest BCUT2D eigenvalue weighted by Gasteiger charge is -2.07. The third-order valence-corrected chi connectivity index (χ3v) is 3.56. The van der Waals surface area contributed by atoms with Crippen LogP contribution in [-0.4, -0.2) is 28.0 Å². The summed E-state index contributed by atoms with van der Waals surface area (Å²) in [5, 5.41) is 2.98. The molecule has 0 fully saturated rings. The van der Waals surface area contributed by atoms with Gasteiger partial charge in [0.2, 0.25) is 0 Å². The second-order valence-corrected chi connectivity index (χ2v) is 5.56. The van der Waals surface area contributed by atoms with Crippen molar-refractivity contribution in [2.75, 3.05) is 11.9 Å². The van der Waals surface area contributed by atoms with Crippen LogP contribution in [0.2, 0.25) is 5.02 Å². The molecule has 1 N–H and O–H groups in total. The number of carbonyl (C=O) groups excluding carboxylic acids is 2. The molecule has 7 heteroatoms. The molecule has 0 aliphatic heterocycles. The van der Waals surface area contributed by atoms with Gasteiger partial charge in [0, 0.05) is 24.3 Å². The van der Waals surface area contributed by atoms with Gasteiger partial charge < -0.3 is 14.6 Å². The van der Waals surface area contributed by atoms with Gasteiger partial charge in [-0.05, 0) is 48.5 Å². The first-order chi connectivity index (χ1) is 12.1. The number of nitrogens with one attached hydrogen (secondary N) is 1. The summed E-state index contributed by atoms with van der Waals surface area (Å²) >= 11 is 5.72. The van der Waals surface area contributed by atoms with E-state index in [9.17, 15) is 9.59 Å². The Morgan fingerprint density at radius 3 is 2.44 bits per heavy atom. The van der Waals surface area contributed by atoms with Crippen molar-refractivity contribution in [1.29, 1.82) is 0 Å². The number of pyridine rings is 1. The Hall–Kier alpha value is -3.12.